The van der Waals surface area contributed by atoms with E-state index >= 15 is 0 Å². The Kier molecular flexibility index (Phi) is 2.37. The van der Waals surface area contributed by atoms with Gasteiger partial charge in [-0.3, -0.25) is 0 Å². The van der Waals surface area contributed by atoms with Crippen LogP contribution in [0.4, 0.5) is 0 Å². The molecule has 0 fully saturated rings. The standard InChI is InChI=1S/C8H6Br2OTe/c9-12(10)5-7(11)6-3-1-2-4-8(6)12/h1-4H,5H2. The van der Waals surface area contributed by atoms with E-state index in [0.717, 1.165) is 5.56 Å². The van der Waals surface area contributed by atoms with Crippen molar-refractivity contribution in [2.75, 3.05) is 0 Å². The maximum atomic E-state index is 11.5. The summed E-state index contributed by atoms with van der Waals surface area (Å²) in [4.78, 5) is 11.5. The molecule has 4 heteroatoms. The number of fused-ring (bicyclic) bond motifs is 1. The van der Waals surface area contributed by atoms with Crippen LogP contribution in [0.3, 0.4) is 0 Å². The molecule has 1 aromatic carbocycles. The Hall–Kier alpha value is 0.640. The van der Waals surface area contributed by atoms with Crippen molar-refractivity contribution < 1.29 is 4.79 Å². The van der Waals surface area contributed by atoms with Gasteiger partial charge in [0, 0.05) is 0 Å². The number of rotatable bonds is 0. The van der Waals surface area contributed by atoms with Crippen molar-refractivity contribution in [3.8, 4) is 0 Å². The molecular weight excluding hydrogens is 399 g/mol. The number of Topliss-reactive ketones (excluding diaryl/α,β-unsaturated/α-hetero) is 1. The second-order valence-corrected chi connectivity index (χ2v) is 28.7. The summed E-state index contributed by atoms with van der Waals surface area (Å²) >= 11 is 5.06. The molecule has 0 atom stereocenters. The predicted molar refractivity (Wildman–Crippen MR) is 58.8 cm³/mol. The van der Waals surface area contributed by atoms with E-state index in [9.17, 15) is 4.79 Å². The Balaban J connectivity index is 2.66. The molecule has 1 nitrogen and oxygen atoms in total. The summed E-state index contributed by atoms with van der Waals surface area (Å²) < 4.78 is 1.91. The fourth-order valence-electron chi connectivity index (χ4n) is 1.28. The van der Waals surface area contributed by atoms with Gasteiger partial charge in [-0.05, 0) is 0 Å². The summed E-state index contributed by atoms with van der Waals surface area (Å²) in [5.74, 6) is 0.278. The first kappa shape index (κ1) is 9.20. The molecule has 0 amide bonds. The zero-order chi connectivity index (χ0) is 8.77. The molecule has 1 aliphatic heterocycles. The third-order valence-corrected chi connectivity index (χ3v) is 14.2. The van der Waals surface area contributed by atoms with E-state index in [1.807, 2.05) is 24.3 Å². The summed E-state index contributed by atoms with van der Waals surface area (Å²) in [7, 11) is 0. The Morgan fingerprint density at radius 1 is 1.25 bits per heavy atom. The van der Waals surface area contributed by atoms with Crippen LogP contribution in [-0.2, 0) is 0 Å². The second kappa shape index (κ2) is 3.09. The number of hydrogen-bond acceptors (Lipinski definition) is 1. The molecule has 64 valence electrons. The van der Waals surface area contributed by atoms with Gasteiger partial charge in [0.2, 0.25) is 0 Å². The van der Waals surface area contributed by atoms with Gasteiger partial charge in [-0.25, -0.2) is 0 Å². The van der Waals surface area contributed by atoms with E-state index in [0.29, 0.717) is 4.47 Å². The summed E-state index contributed by atoms with van der Waals surface area (Å²) in [5, 5.41) is 0. The van der Waals surface area contributed by atoms with E-state index in [4.69, 9.17) is 0 Å². The van der Waals surface area contributed by atoms with Crippen LogP contribution < -0.4 is 3.61 Å². The Morgan fingerprint density at radius 3 is 2.58 bits per heavy atom. The minimum atomic E-state index is -2.27. The van der Waals surface area contributed by atoms with E-state index in [1.54, 1.807) is 0 Å². The quantitative estimate of drug-likeness (QED) is 0.606. The molecular formula is C8H6Br2OTe. The van der Waals surface area contributed by atoms with Gasteiger partial charge in [0.1, 0.15) is 0 Å². The second-order valence-electron chi connectivity index (χ2n) is 2.64. The molecule has 0 spiro atoms. The van der Waals surface area contributed by atoms with Gasteiger partial charge in [-0.15, -0.1) is 0 Å². The zero-order valence-corrected chi connectivity index (χ0v) is 11.6. The van der Waals surface area contributed by atoms with Crippen LogP contribution in [0.2, 0.25) is 4.47 Å². The van der Waals surface area contributed by atoms with Crippen molar-refractivity contribution in [2.45, 2.75) is 4.47 Å². The Bertz CT molecular complexity index is 349. The number of halogens is 2. The number of hydrogen-bond donors (Lipinski definition) is 0. The third kappa shape index (κ3) is 1.39. The van der Waals surface area contributed by atoms with Crippen LogP contribution in [0.25, 0.3) is 0 Å². The first-order valence-corrected chi connectivity index (χ1v) is 16.7. The fourth-order valence-corrected chi connectivity index (χ4v) is 11.9. The fraction of sp³-hybridized carbons (Fsp3) is 0.125. The van der Waals surface area contributed by atoms with Crippen LogP contribution in [0.5, 0.6) is 0 Å². The van der Waals surface area contributed by atoms with Crippen molar-refractivity contribution in [3.05, 3.63) is 29.8 Å². The van der Waals surface area contributed by atoms with Gasteiger partial charge in [0.05, 0.1) is 0 Å². The molecule has 1 aliphatic rings. The molecule has 0 radical (unpaired) electrons. The summed E-state index contributed by atoms with van der Waals surface area (Å²) in [6, 6.07) is 7.86. The van der Waals surface area contributed by atoms with Gasteiger partial charge in [-0.1, -0.05) is 0 Å². The van der Waals surface area contributed by atoms with Crippen LogP contribution in [-0.4, -0.2) is 19.5 Å². The topological polar surface area (TPSA) is 17.1 Å². The van der Waals surface area contributed by atoms with Crippen molar-refractivity contribution in [1.82, 2.24) is 0 Å². The predicted octanol–water partition coefficient (Wildman–Crippen LogP) is 2.32. The number of ketones is 1. The van der Waals surface area contributed by atoms with Crippen LogP contribution in [0.15, 0.2) is 24.3 Å². The van der Waals surface area contributed by atoms with Crippen molar-refractivity contribution in [1.29, 1.82) is 0 Å². The van der Waals surface area contributed by atoms with Gasteiger partial charge in [0.25, 0.3) is 0 Å². The molecule has 1 aromatic rings. The van der Waals surface area contributed by atoms with Crippen molar-refractivity contribution in [2.24, 2.45) is 0 Å². The molecule has 0 saturated heterocycles. The van der Waals surface area contributed by atoms with Gasteiger partial charge < -0.3 is 0 Å². The third-order valence-electron chi connectivity index (χ3n) is 1.82. The van der Waals surface area contributed by atoms with Gasteiger partial charge in [-0.2, -0.15) is 0 Å². The van der Waals surface area contributed by atoms with E-state index in [-0.39, 0.29) is 5.78 Å². The zero-order valence-electron chi connectivity index (χ0n) is 6.09. The van der Waals surface area contributed by atoms with Crippen molar-refractivity contribution in [3.63, 3.8) is 0 Å². The van der Waals surface area contributed by atoms with E-state index < -0.39 is 13.8 Å². The summed E-state index contributed by atoms with van der Waals surface area (Å²) in [6.07, 6.45) is 0. The molecule has 0 N–H and O–H groups in total. The van der Waals surface area contributed by atoms with Gasteiger partial charge >= 0.3 is 87.8 Å². The van der Waals surface area contributed by atoms with E-state index in [2.05, 4.69) is 25.5 Å². The normalized spacial score (nSPS) is 22.0. The average Bonchev–Trinajstić information content (AvgIpc) is 2.25. The molecule has 2 rings (SSSR count). The number of carbonyl (C=O) groups is 1. The molecule has 1 heterocycles. The molecule has 0 aromatic heterocycles. The first-order valence-electron chi connectivity index (χ1n) is 3.44. The van der Waals surface area contributed by atoms with Crippen molar-refractivity contribution >= 4 is 48.7 Å². The van der Waals surface area contributed by atoms with Gasteiger partial charge in [0.15, 0.2) is 0 Å². The van der Waals surface area contributed by atoms with Crippen LogP contribution >= 0.6 is 25.5 Å². The number of carbonyl (C=O) groups excluding carboxylic acids is 1. The SMILES string of the molecule is O=C1C[Te](Br)(Br)c2ccccc21. The minimum absolute atomic E-state index is 0.278. The Morgan fingerprint density at radius 2 is 1.92 bits per heavy atom. The summed E-state index contributed by atoms with van der Waals surface area (Å²) in [5.41, 5.74) is 0.910. The van der Waals surface area contributed by atoms with Crippen LogP contribution in [0, 0.1) is 0 Å². The van der Waals surface area contributed by atoms with Crippen LogP contribution in [0.1, 0.15) is 10.4 Å². The average molecular weight is 406 g/mol. The molecule has 0 aliphatic carbocycles. The molecule has 12 heavy (non-hydrogen) atoms. The molecule has 0 bridgehead atoms. The monoisotopic (exact) mass is 406 g/mol. The Labute approximate surface area is 86.9 Å². The van der Waals surface area contributed by atoms with E-state index in [1.165, 1.54) is 3.61 Å². The summed E-state index contributed by atoms with van der Waals surface area (Å²) in [6.45, 7) is 0. The molecule has 0 unspecified atom stereocenters. The molecule has 0 saturated carbocycles. The maximum absolute atomic E-state index is 11.5. The number of benzene rings is 1. The first-order chi connectivity index (χ1) is 5.61.